The maximum Gasteiger partial charge on any atom is 0.389 e. The normalized spacial score (nSPS) is 18.8. The van der Waals surface area contributed by atoms with E-state index in [0.717, 1.165) is 35.6 Å². The second-order valence-electron chi connectivity index (χ2n) is 9.37. The summed E-state index contributed by atoms with van der Waals surface area (Å²) in [6.45, 7) is 4.66. The van der Waals surface area contributed by atoms with Gasteiger partial charge in [0, 0.05) is 56.8 Å². The average molecular weight is 506 g/mol. The van der Waals surface area contributed by atoms with Crippen LogP contribution in [0, 0.1) is 18.7 Å². The molecule has 0 radical (unpaired) electrons. The summed E-state index contributed by atoms with van der Waals surface area (Å²) < 4.78 is 60.4. The quantitative estimate of drug-likeness (QED) is 0.502. The fraction of sp³-hybridized carbons (Fsp3) is 0.440. The Morgan fingerprint density at radius 2 is 1.97 bits per heavy atom. The second kappa shape index (κ2) is 9.61. The highest BCUT2D eigenvalue weighted by Crippen LogP contribution is 2.34. The Kier molecular flexibility index (Phi) is 6.50. The van der Waals surface area contributed by atoms with Gasteiger partial charge < -0.3 is 24.3 Å². The number of aromatic nitrogens is 2. The highest BCUT2D eigenvalue weighted by molar-refractivity contribution is 5.91. The highest BCUT2D eigenvalue weighted by atomic mass is 19.4. The molecule has 1 N–H and O–H groups in total. The third kappa shape index (κ3) is 5.11. The van der Waals surface area contributed by atoms with Gasteiger partial charge >= 0.3 is 12.2 Å². The number of urea groups is 1. The lowest BCUT2D eigenvalue weighted by Crippen LogP contribution is -2.36. The van der Waals surface area contributed by atoms with Crippen molar-refractivity contribution in [2.75, 3.05) is 49.6 Å². The summed E-state index contributed by atoms with van der Waals surface area (Å²) >= 11 is 0. The fourth-order valence-corrected chi connectivity index (χ4v) is 4.98. The van der Waals surface area contributed by atoms with Crippen molar-refractivity contribution in [1.82, 2.24) is 14.3 Å². The third-order valence-electron chi connectivity index (χ3n) is 6.78. The molecule has 7 nitrogen and oxygen atoms in total. The summed E-state index contributed by atoms with van der Waals surface area (Å²) in [6, 6.07) is 4.33. The van der Waals surface area contributed by atoms with E-state index >= 15 is 0 Å². The maximum atomic E-state index is 14.8. The van der Waals surface area contributed by atoms with Gasteiger partial charge in [0.25, 0.3) is 0 Å². The maximum absolute atomic E-state index is 14.8. The van der Waals surface area contributed by atoms with Crippen LogP contribution < -0.4 is 10.2 Å². The molecular formula is C25H27F4N5O2. The molecule has 11 heteroatoms. The van der Waals surface area contributed by atoms with Crippen molar-refractivity contribution < 1.29 is 27.1 Å². The number of hydrogen-bond acceptors (Lipinski definition) is 4. The van der Waals surface area contributed by atoms with E-state index < -0.39 is 30.4 Å². The zero-order valence-corrected chi connectivity index (χ0v) is 19.8. The van der Waals surface area contributed by atoms with Gasteiger partial charge in [0.05, 0.1) is 24.6 Å². The van der Waals surface area contributed by atoms with Crippen molar-refractivity contribution in [3.63, 3.8) is 0 Å². The van der Waals surface area contributed by atoms with Crippen LogP contribution in [0.2, 0.25) is 0 Å². The van der Waals surface area contributed by atoms with Crippen molar-refractivity contribution in [2.24, 2.45) is 5.92 Å². The first-order valence-electron chi connectivity index (χ1n) is 11.9. The van der Waals surface area contributed by atoms with Crippen molar-refractivity contribution >= 4 is 23.1 Å². The Balaban J connectivity index is 1.41. The lowest BCUT2D eigenvalue weighted by molar-refractivity contribution is -0.143. The zero-order valence-electron chi connectivity index (χ0n) is 19.8. The SMILES string of the molecule is Cc1cc(F)c(NC(=O)N2CCC(CC(F)(F)F)C2)cc1-c1cc(N2CCOCC2)c2nccn2c1. The summed E-state index contributed by atoms with van der Waals surface area (Å²) in [4.78, 5) is 20.7. The number of hydrogen-bond donors (Lipinski definition) is 1. The molecule has 192 valence electrons. The van der Waals surface area contributed by atoms with E-state index in [2.05, 4.69) is 15.2 Å². The molecule has 36 heavy (non-hydrogen) atoms. The number of nitrogens with zero attached hydrogens (tertiary/aromatic N) is 4. The van der Waals surface area contributed by atoms with Crippen LogP contribution in [0.15, 0.2) is 36.8 Å². The van der Waals surface area contributed by atoms with Crippen molar-refractivity contribution in [3.05, 3.63) is 48.2 Å². The van der Waals surface area contributed by atoms with Gasteiger partial charge in [-0.25, -0.2) is 14.2 Å². The van der Waals surface area contributed by atoms with Gasteiger partial charge in [-0.3, -0.25) is 0 Å². The average Bonchev–Trinajstić information content (AvgIpc) is 3.49. The van der Waals surface area contributed by atoms with Crippen molar-refractivity contribution in [1.29, 1.82) is 0 Å². The number of amides is 2. The Morgan fingerprint density at radius 1 is 1.19 bits per heavy atom. The standard InChI is InChI=1S/C25H27F4N5O2/c1-16-10-20(26)21(31-24(35)34-4-2-17(14-34)13-25(27,28)29)12-19(16)18-11-22(32-6-8-36-9-7-32)23-30-3-5-33(23)15-18/h3,5,10-12,15,17H,2,4,6-9,13-14H2,1H3,(H,31,35). The minimum atomic E-state index is -4.27. The number of ether oxygens (including phenoxy) is 1. The summed E-state index contributed by atoms with van der Waals surface area (Å²) in [6.07, 6.45) is 0.529. The summed E-state index contributed by atoms with van der Waals surface area (Å²) in [7, 11) is 0. The lowest BCUT2D eigenvalue weighted by atomic mass is 10.00. The molecule has 3 aromatic rings. The second-order valence-corrected chi connectivity index (χ2v) is 9.37. The van der Waals surface area contributed by atoms with Gasteiger partial charge in [-0.05, 0) is 48.6 Å². The number of anilines is 2. The van der Waals surface area contributed by atoms with Crippen LogP contribution in [0.3, 0.4) is 0 Å². The van der Waals surface area contributed by atoms with Gasteiger partial charge in [0.1, 0.15) is 5.82 Å². The largest absolute Gasteiger partial charge is 0.389 e. The van der Waals surface area contributed by atoms with Crippen LogP contribution in [0.25, 0.3) is 16.8 Å². The molecular weight excluding hydrogens is 478 g/mol. The number of rotatable bonds is 4. The van der Waals surface area contributed by atoms with E-state index in [1.165, 1.54) is 11.0 Å². The van der Waals surface area contributed by atoms with E-state index in [9.17, 15) is 22.4 Å². The van der Waals surface area contributed by atoms with E-state index in [1.54, 1.807) is 19.2 Å². The van der Waals surface area contributed by atoms with Gasteiger partial charge in [0.2, 0.25) is 0 Å². The van der Waals surface area contributed by atoms with E-state index in [-0.39, 0.29) is 25.2 Å². The zero-order chi connectivity index (χ0) is 25.4. The van der Waals surface area contributed by atoms with Crippen molar-refractivity contribution in [2.45, 2.75) is 25.9 Å². The molecule has 1 atom stereocenters. The summed E-state index contributed by atoms with van der Waals surface area (Å²) in [5.41, 5.74) is 3.96. The Labute approximate surface area is 205 Å². The molecule has 2 aliphatic heterocycles. The molecule has 0 aliphatic carbocycles. The molecule has 1 aromatic carbocycles. The molecule has 2 aliphatic rings. The Morgan fingerprint density at radius 3 is 2.72 bits per heavy atom. The van der Waals surface area contributed by atoms with Crippen LogP contribution in [0.5, 0.6) is 0 Å². The predicted molar refractivity (Wildman–Crippen MR) is 128 cm³/mol. The fourth-order valence-electron chi connectivity index (χ4n) is 4.98. The number of benzene rings is 1. The number of morpholine rings is 1. The van der Waals surface area contributed by atoms with Crippen LogP contribution in [0.1, 0.15) is 18.4 Å². The number of aryl methyl sites for hydroxylation is 1. The number of pyridine rings is 1. The van der Waals surface area contributed by atoms with Gasteiger partial charge in [-0.1, -0.05) is 0 Å². The van der Waals surface area contributed by atoms with Crippen LogP contribution in [-0.4, -0.2) is 65.9 Å². The molecule has 0 bridgehead atoms. The smallest absolute Gasteiger partial charge is 0.378 e. The molecule has 1 unspecified atom stereocenters. The van der Waals surface area contributed by atoms with Gasteiger partial charge in [-0.2, -0.15) is 13.2 Å². The number of likely N-dealkylation sites (tertiary alicyclic amines) is 1. The van der Waals surface area contributed by atoms with Crippen LogP contribution >= 0.6 is 0 Å². The van der Waals surface area contributed by atoms with E-state index in [1.807, 2.05) is 22.9 Å². The minimum absolute atomic E-state index is 0.00805. The molecule has 4 heterocycles. The van der Waals surface area contributed by atoms with Crippen LogP contribution in [0.4, 0.5) is 33.7 Å². The summed E-state index contributed by atoms with van der Waals surface area (Å²) in [5, 5.41) is 2.57. The first-order chi connectivity index (χ1) is 17.2. The van der Waals surface area contributed by atoms with Gasteiger partial charge in [-0.15, -0.1) is 0 Å². The van der Waals surface area contributed by atoms with Gasteiger partial charge in [0.15, 0.2) is 5.65 Å². The van der Waals surface area contributed by atoms with Crippen LogP contribution in [-0.2, 0) is 4.74 Å². The number of carbonyl (C=O) groups is 1. The highest BCUT2D eigenvalue weighted by Gasteiger charge is 2.36. The van der Waals surface area contributed by atoms with E-state index in [0.29, 0.717) is 18.8 Å². The monoisotopic (exact) mass is 505 g/mol. The number of alkyl halides is 3. The number of fused-ring (bicyclic) bond motifs is 1. The Bertz CT molecular complexity index is 1270. The first kappa shape index (κ1) is 24.4. The number of halogens is 4. The molecule has 0 saturated carbocycles. The minimum Gasteiger partial charge on any atom is -0.378 e. The number of carbonyl (C=O) groups excluding carboxylic acids is 1. The first-order valence-corrected chi connectivity index (χ1v) is 11.9. The third-order valence-corrected chi connectivity index (χ3v) is 6.78. The molecule has 5 rings (SSSR count). The lowest BCUT2D eigenvalue weighted by Gasteiger charge is -2.29. The number of imidazole rings is 1. The summed E-state index contributed by atoms with van der Waals surface area (Å²) in [5.74, 6) is -1.25. The molecule has 2 amide bonds. The molecule has 2 aromatic heterocycles. The Hall–Kier alpha value is -3.34. The van der Waals surface area contributed by atoms with E-state index in [4.69, 9.17) is 4.74 Å². The molecule has 2 saturated heterocycles. The number of nitrogens with one attached hydrogen (secondary N) is 1. The topological polar surface area (TPSA) is 62.1 Å². The molecule has 2 fully saturated rings. The molecule has 0 spiro atoms. The van der Waals surface area contributed by atoms with Crippen molar-refractivity contribution in [3.8, 4) is 11.1 Å². The predicted octanol–water partition coefficient (Wildman–Crippen LogP) is 5.09.